The number of piperidine rings is 1. The van der Waals surface area contributed by atoms with Crippen LogP contribution in [0.15, 0.2) is 24.2 Å². The summed E-state index contributed by atoms with van der Waals surface area (Å²) in [6.45, 7) is 4.51. The third-order valence-corrected chi connectivity index (χ3v) is 6.57. The molecule has 2 fully saturated rings. The van der Waals surface area contributed by atoms with Gasteiger partial charge in [-0.3, -0.25) is 9.69 Å². The van der Waals surface area contributed by atoms with Gasteiger partial charge in [0.2, 0.25) is 5.91 Å². The summed E-state index contributed by atoms with van der Waals surface area (Å²) in [5, 5.41) is 7.30. The van der Waals surface area contributed by atoms with Crippen molar-refractivity contribution in [3.63, 3.8) is 0 Å². The Bertz CT molecular complexity index is 708. The second-order valence-electron chi connectivity index (χ2n) is 7.30. The molecule has 2 aliphatic rings. The number of carbonyl (C=O) groups excluding carboxylic acids is 1. The second-order valence-corrected chi connectivity index (χ2v) is 8.28. The molecule has 1 amide bonds. The minimum absolute atomic E-state index is 0.147. The Hall–Kier alpha value is -1.80. The lowest BCUT2D eigenvalue weighted by Crippen LogP contribution is -2.43. The summed E-state index contributed by atoms with van der Waals surface area (Å²) in [5.41, 5.74) is 0.402. The van der Waals surface area contributed by atoms with E-state index in [2.05, 4.69) is 27.0 Å². The molecule has 3 heterocycles. The van der Waals surface area contributed by atoms with Crippen LogP contribution in [0.4, 0.5) is 0 Å². The number of hydrogen-bond donors (Lipinski definition) is 0. The lowest BCUT2D eigenvalue weighted by molar-refractivity contribution is -0.136. The highest BCUT2D eigenvalue weighted by molar-refractivity contribution is 7.09. The smallest absolute Gasteiger partial charge is 0.247 e. The van der Waals surface area contributed by atoms with E-state index in [0.29, 0.717) is 11.5 Å². The number of carbonyl (C=O) groups is 1. The number of amides is 1. The molecule has 0 unspecified atom stereocenters. The molecule has 2 aromatic rings. The van der Waals surface area contributed by atoms with Crippen LogP contribution in [0.25, 0.3) is 0 Å². The molecule has 0 N–H and O–H groups in total. The zero-order valence-electron chi connectivity index (χ0n) is 14.7. The molecule has 7 nitrogen and oxygen atoms in total. The van der Waals surface area contributed by atoms with E-state index >= 15 is 0 Å². The molecule has 0 radical (unpaired) electrons. The van der Waals surface area contributed by atoms with Gasteiger partial charge in [0.15, 0.2) is 0 Å². The number of thiazole rings is 1. The predicted octanol–water partition coefficient (Wildman–Crippen LogP) is 1.81. The van der Waals surface area contributed by atoms with Gasteiger partial charge >= 0.3 is 0 Å². The molecule has 4 rings (SSSR count). The van der Waals surface area contributed by atoms with E-state index < -0.39 is 0 Å². The van der Waals surface area contributed by atoms with Crippen molar-refractivity contribution in [2.45, 2.75) is 44.8 Å². The van der Waals surface area contributed by atoms with E-state index in [-0.39, 0.29) is 11.9 Å². The van der Waals surface area contributed by atoms with Gasteiger partial charge in [-0.05, 0) is 38.6 Å². The van der Waals surface area contributed by atoms with Crippen molar-refractivity contribution in [3.8, 4) is 0 Å². The molecule has 1 aliphatic carbocycles. The summed E-state index contributed by atoms with van der Waals surface area (Å²) in [6.07, 6.45) is 8.39. The van der Waals surface area contributed by atoms with Gasteiger partial charge in [-0.1, -0.05) is 0 Å². The highest BCUT2D eigenvalue weighted by Crippen LogP contribution is 2.56. The van der Waals surface area contributed by atoms with Crippen LogP contribution < -0.4 is 0 Å². The van der Waals surface area contributed by atoms with Crippen LogP contribution in [0.1, 0.15) is 37.2 Å². The quantitative estimate of drug-likeness (QED) is 0.813. The maximum atomic E-state index is 12.7. The Morgan fingerprint density at radius 3 is 2.92 bits per heavy atom. The van der Waals surface area contributed by atoms with Gasteiger partial charge in [0.05, 0.1) is 6.54 Å². The second kappa shape index (κ2) is 6.49. The zero-order chi connectivity index (χ0) is 17.4. The molecule has 8 heteroatoms. The first kappa shape index (κ1) is 16.7. The molecule has 2 atom stereocenters. The minimum Gasteiger partial charge on any atom is -0.341 e. The van der Waals surface area contributed by atoms with Gasteiger partial charge in [-0.15, -0.1) is 11.3 Å². The summed E-state index contributed by atoms with van der Waals surface area (Å²) in [7, 11) is 2.20. The largest absolute Gasteiger partial charge is 0.341 e. The third kappa shape index (κ3) is 3.20. The number of aromatic nitrogens is 4. The van der Waals surface area contributed by atoms with Crippen molar-refractivity contribution in [2.24, 2.45) is 5.41 Å². The molecule has 0 aromatic carbocycles. The first-order valence-electron chi connectivity index (χ1n) is 8.80. The van der Waals surface area contributed by atoms with E-state index in [9.17, 15) is 4.79 Å². The molecule has 134 valence electrons. The number of nitrogens with zero attached hydrogens (tertiary/aromatic N) is 6. The van der Waals surface area contributed by atoms with Gasteiger partial charge in [0, 0.05) is 30.7 Å². The first-order chi connectivity index (χ1) is 12.1. The normalized spacial score (nSPS) is 23.2. The fourth-order valence-corrected chi connectivity index (χ4v) is 4.79. The monoisotopic (exact) mass is 360 g/mol. The average molecular weight is 360 g/mol. The van der Waals surface area contributed by atoms with Crippen molar-refractivity contribution in [3.05, 3.63) is 29.2 Å². The predicted molar refractivity (Wildman–Crippen MR) is 95.0 cm³/mol. The van der Waals surface area contributed by atoms with Crippen LogP contribution >= 0.6 is 11.3 Å². The molecular weight excluding hydrogens is 336 g/mol. The van der Waals surface area contributed by atoms with Crippen LogP contribution in [0.3, 0.4) is 0 Å². The SMILES string of the molecule is C[C@H](C(=O)N1CCC2(CC1)C[C@H]2N(C)Cc1nccs1)n1cncn1. The Kier molecular flexibility index (Phi) is 4.33. The summed E-state index contributed by atoms with van der Waals surface area (Å²) in [5.74, 6) is 0.147. The molecule has 2 aromatic heterocycles. The average Bonchev–Trinajstić information content (AvgIpc) is 3.06. The van der Waals surface area contributed by atoms with Gasteiger partial charge in [0.25, 0.3) is 0 Å². The van der Waals surface area contributed by atoms with Gasteiger partial charge < -0.3 is 4.90 Å². The maximum absolute atomic E-state index is 12.7. The maximum Gasteiger partial charge on any atom is 0.247 e. The van der Waals surface area contributed by atoms with Crippen molar-refractivity contribution in [1.29, 1.82) is 0 Å². The molecule has 1 aliphatic heterocycles. The fraction of sp³-hybridized carbons (Fsp3) is 0.647. The van der Waals surface area contributed by atoms with Crippen LogP contribution in [-0.2, 0) is 11.3 Å². The molecule has 1 saturated heterocycles. The summed E-state index contributed by atoms with van der Waals surface area (Å²) in [6, 6.07) is 0.348. The van der Waals surface area contributed by atoms with E-state index in [1.54, 1.807) is 22.3 Å². The number of hydrogen-bond acceptors (Lipinski definition) is 6. The third-order valence-electron chi connectivity index (χ3n) is 5.81. The standard InChI is InChI=1S/C17H24N6OS/c1-13(23-12-18-11-20-23)16(24)22-6-3-17(4-7-22)9-14(17)21(2)10-15-19-5-8-25-15/h5,8,11-14H,3-4,6-7,9-10H2,1-2H3/t13-,14-/m1/s1. The Labute approximate surface area is 151 Å². The Morgan fingerprint density at radius 2 is 2.28 bits per heavy atom. The van der Waals surface area contributed by atoms with Crippen LogP contribution in [0, 0.1) is 5.41 Å². The minimum atomic E-state index is -0.279. The zero-order valence-corrected chi connectivity index (χ0v) is 15.5. The molecule has 1 spiro atoms. The first-order valence-corrected chi connectivity index (χ1v) is 9.68. The highest BCUT2D eigenvalue weighted by Gasteiger charge is 2.57. The van der Waals surface area contributed by atoms with E-state index in [4.69, 9.17) is 0 Å². The van der Waals surface area contributed by atoms with Crippen LogP contribution in [0.5, 0.6) is 0 Å². The Morgan fingerprint density at radius 1 is 1.48 bits per heavy atom. The summed E-state index contributed by atoms with van der Waals surface area (Å²) < 4.78 is 1.63. The van der Waals surface area contributed by atoms with Gasteiger partial charge in [0.1, 0.15) is 23.7 Å². The van der Waals surface area contributed by atoms with Crippen LogP contribution in [0.2, 0.25) is 0 Å². The van der Waals surface area contributed by atoms with Crippen molar-refractivity contribution in [2.75, 3.05) is 20.1 Å². The van der Waals surface area contributed by atoms with Crippen molar-refractivity contribution >= 4 is 17.2 Å². The molecule has 1 saturated carbocycles. The van der Waals surface area contributed by atoms with Gasteiger partial charge in [-0.25, -0.2) is 14.6 Å². The number of rotatable bonds is 5. The molecule has 0 bridgehead atoms. The Balaban J connectivity index is 1.31. The van der Waals surface area contributed by atoms with Gasteiger partial charge in [-0.2, -0.15) is 5.10 Å². The lowest BCUT2D eigenvalue weighted by Gasteiger charge is -2.35. The summed E-state index contributed by atoms with van der Waals surface area (Å²) >= 11 is 1.72. The van der Waals surface area contributed by atoms with E-state index in [1.165, 1.54) is 17.8 Å². The number of likely N-dealkylation sites (tertiary alicyclic amines) is 1. The molecule has 25 heavy (non-hydrogen) atoms. The molecular formula is C17H24N6OS. The van der Waals surface area contributed by atoms with Crippen molar-refractivity contribution in [1.82, 2.24) is 29.5 Å². The fourth-order valence-electron chi connectivity index (χ4n) is 4.11. The summed E-state index contributed by atoms with van der Waals surface area (Å²) in [4.78, 5) is 25.4. The van der Waals surface area contributed by atoms with E-state index in [0.717, 1.165) is 32.5 Å². The van der Waals surface area contributed by atoms with Crippen LogP contribution in [-0.4, -0.2) is 61.6 Å². The highest BCUT2D eigenvalue weighted by atomic mass is 32.1. The van der Waals surface area contributed by atoms with Crippen molar-refractivity contribution < 1.29 is 4.79 Å². The topological polar surface area (TPSA) is 67.2 Å². The lowest BCUT2D eigenvalue weighted by atomic mass is 9.92. The van der Waals surface area contributed by atoms with E-state index in [1.807, 2.05) is 23.4 Å².